The van der Waals surface area contributed by atoms with Crippen LogP contribution in [0.25, 0.3) is 10.6 Å². The van der Waals surface area contributed by atoms with Crippen LogP contribution in [0.3, 0.4) is 0 Å². The maximum atomic E-state index is 12.2. The fourth-order valence-electron chi connectivity index (χ4n) is 1.00. The SMILES string of the molecule is Nc1csc(-c2cnc(C(F)(F)F)nc2)n1. The van der Waals surface area contributed by atoms with Crippen molar-refractivity contribution < 1.29 is 13.2 Å². The number of aromatic nitrogens is 3. The molecule has 0 spiro atoms. The van der Waals surface area contributed by atoms with Gasteiger partial charge in [0.15, 0.2) is 0 Å². The molecule has 0 aliphatic rings. The summed E-state index contributed by atoms with van der Waals surface area (Å²) >= 11 is 1.22. The van der Waals surface area contributed by atoms with Crippen LogP contribution in [0.2, 0.25) is 0 Å². The molecule has 2 rings (SSSR count). The molecule has 4 nitrogen and oxygen atoms in total. The average Bonchev–Trinajstić information content (AvgIpc) is 2.64. The third kappa shape index (κ3) is 2.11. The molecule has 2 N–H and O–H groups in total. The van der Waals surface area contributed by atoms with Gasteiger partial charge in [-0.3, -0.25) is 0 Å². The summed E-state index contributed by atoms with van der Waals surface area (Å²) in [6.45, 7) is 0. The standard InChI is InChI=1S/C8H5F3N4S/c9-8(10,11)7-13-1-4(2-14-7)6-15-5(12)3-16-6/h1-3H,12H2. The Kier molecular flexibility index (Phi) is 2.50. The van der Waals surface area contributed by atoms with Gasteiger partial charge in [0, 0.05) is 23.3 Å². The molecule has 0 atom stereocenters. The Balaban J connectivity index is 2.33. The van der Waals surface area contributed by atoms with Crippen LogP contribution in [0.1, 0.15) is 5.82 Å². The van der Waals surface area contributed by atoms with Crippen molar-refractivity contribution in [1.29, 1.82) is 0 Å². The van der Waals surface area contributed by atoms with Crippen molar-refractivity contribution >= 4 is 17.2 Å². The number of alkyl halides is 3. The Morgan fingerprint density at radius 1 is 1.19 bits per heavy atom. The first kappa shape index (κ1) is 10.8. The molecule has 2 aromatic heterocycles. The van der Waals surface area contributed by atoms with Crippen molar-refractivity contribution in [1.82, 2.24) is 15.0 Å². The summed E-state index contributed by atoms with van der Waals surface area (Å²) in [6, 6.07) is 0. The summed E-state index contributed by atoms with van der Waals surface area (Å²) in [5.41, 5.74) is 5.81. The van der Waals surface area contributed by atoms with E-state index in [0.717, 1.165) is 12.4 Å². The number of hydrogen-bond donors (Lipinski definition) is 1. The Hall–Kier alpha value is -1.70. The first-order valence-electron chi connectivity index (χ1n) is 4.07. The number of nitrogen functional groups attached to an aromatic ring is 1. The zero-order valence-electron chi connectivity index (χ0n) is 7.69. The van der Waals surface area contributed by atoms with Gasteiger partial charge >= 0.3 is 6.18 Å². The molecule has 0 fully saturated rings. The molecule has 2 aromatic rings. The summed E-state index contributed by atoms with van der Waals surface area (Å²) < 4.78 is 36.5. The van der Waals surface area contributed by atoms with Crippen LogP contribution in [0, 0.1) is 0 Å². The highest BCUT2D eigenvalue weighted by molar-refractivity contribution is 7.13. The van der Waals surface area contributed by atoms with E-state index in [0.29, 0.717) is 16.4 Å². The lowest BCUT2D eigenvalue weighted by Gasteiger charge is -2.03. The second-order valence-corrected chi connectivity index (χ2v) is 3.73. The minimum absolute atomic E-state index is 0.319. The van der Waals surface area contributed by atoms with Gasteiger partial charge in [-0.1, -0.05) is 0 Å². The Morgan fingerprint density at radius 3 is 2.25 bits per heavy atom. The van der Waals surface area contributed by atoms with Crippen LogP contribution in [0.15, 0.2) is 17.8 Å². The highest BCUT2D eigenvalue weighted by atomic mass is 32.1. The van der Waals surface area contributed by atoms with Gasteiger partial charge < -0.3 is 5.73 Å². The van der Waals surface area contributed by atoms with Gasteiger partial charge in [-0.25, -0.2) is 15.0 Å². The van der Waals surface area contributed by atoms with Gasteiger partial charge in [0.25, 0.3) is 0 Å². The number of nitrogens with two attached hydrogens (primary N) is 1. The third-order valence-electron chi connectivity index (χ3n) is 1.67. The van der Waals surface area contributed by atoms with E-state index in [-0.39, 0.29) is 0 Å². The minimum atomic E-state index is -4.53. The minimum Gasteiger partial charge on any atom is -0.383 e. The van der Waals surface area contributed by atoms with Gasteiger partial charge in [-0.2, -0.15) is 13.2 Å². The molecule has 0 saturated carbocycles. The molecule has 0 aliphatic carbocycles. The van der Waals surface area contributed by atoms with Crippen LogP contribution in [0.4, 0.5) is 19.0 Å². The third-order valence-corrected chi connectivity index (χ3v) is 2.58. The quantitative estimate of drug-likeness (QED) is 0.837. The van der Waals surface area contributed by atoms with Crippen LogP contribution in [-0.2, 0) is 6.18 Å². The normalized spacial score (nSPS) is 11.7. The number of hydrogen-bond acceptors (Lipinski definition) is 5. The summed E-state index contributed by atoms with van der Waals surface area (Å²) in [6.07, 6.45) is -2.37. The number of halogens is 3. The van der Waals surface area contributed by atoms with E-state index in [2.05, 4.69) is 15.0 Å². The van der Waals surface area contributed by atoms with Crippen molar-refractivity contribution in [3.63, 3.8) is 0 Å². The van der Waals surface area contributed by atoms with Crippen molar-refractivity contribution in [2.24, 2.45) is 0 Å². The lowest BCUT2D eigenvalue weighted by Crippen LogP contribution is -2.10. The maximum Gasteiger partial charge on any atom is 0.451 e. The molecule has 0 bridgehead atoms. The average molecular weight is 246 g/mol. The van der Waals surface area contributed by atoms with E-state index in [1.807, 2.05) is 0 Å². The van der Waals surface area contributed by atoms with Gasteiger partial charge in [0.1, 0.15) is 10.8 Å². The summed E-state index contributed by atoms with van der Waals surface area (Å²) in [5.74, 6) is -0.847. The first-order valence-corrected chi connectivity index (χ1v) is 4.95. The Bertz CT molecular complexity index is 491. The monoisotopic (exact) mass is 246 g/mol. The van der Waals surface area contributed by atoms with Crippen LogP contribution in [-0.4, -0.2) is 15.0 Å². The van der Waals surface area contributed by atoms with E-state index in [4.69, 9.17) is 5.73 Å². The fourth-order valence-corrected chi connectivity index (χ4v) is 1.69. The number of nitrogens with zero attached hydrogens (tertiary/aromatic N) is 3. The van der Waals surface area contributed by atoms with Crippen molar-refractivity contribution in [3.8, 4) is 10.6 Å². The predicted molar refractivity (Wildman–Crippen MR) is 52.6 cm³/mol. The van der Waals surface area contributed by atoms with E-state index in [1.54, 1.807) is 5.38 Å². The lowest BCUT2D eigenvalue weighted by atomic mass is 10.3. The predicted octanol–water partition coefficient (Wildman–Crippen LogP) is 2.20. The highest BCUT2D eigenvalue weighted by Gasteiger charge is 2.34. The first-order chi connectivity index (χ1) is 7.47. The van der Waals surface area contributed by atoms with E-state index in [9.17, 15) is 13.2 Å². The van der Waals surface area contributed by atoms with Gasteiger partial charge in [-0.15, -0.1) is 11.3 Å². The largest absolute Gasteiger partial charge is 0.451 e. The fraction of sp³-hybridized carbons (Fsp3) is 0.125. The topological polar surface area (TPSA) is 64.7 Å². The molecule has 0 saturated heterocycles. The maximum absolute atomic E-state index is 12.2. The molecule has 0 radical (unpaired) electrons. The van der Waals surface area contributed by atoms with Crippen molar-refractivity contribution in [3.05, 3.63) is 23.6 Å². The highest BCUT2D eigenvalue weighted by Crippen LogP contribution is 2.28. The van der Waals surface area contributed by atoms with Crippen LogP contribution in [0.5, 0.6) is 0 Å². The molecule has 0 aromatic carbocycles. The van der Waals surface area contributed by atoms with Crippen LogP contribution < -0.4 is 5.73 Å². The molecular weight excluding hydrogens is 241 g/mol. The Labute approximate surface area is 92.0 Å². The zero-order chi connectivity index (χ0) is 11.8. The summed E-state index contributed by atoms with van der Waals surface area (Å²) in [5, 5.41) is 2.08. The smallest absolute Gasteiger partial charge is 0.383 e. The second-order valence-electron chi connectivity index (χ2n) is 2.87. The molecule has 2 heterocycles. The Morgan fingerprint density at radius 2 is 1.81 bits per heavy atom. The number of thiazole rings is 1. The molecule has 8 heteroatoms. The molecule has 0 amide bonds. The molecule has 16 heavy (non-hydrogen) atoms. The van der Waals surface area contributed by atoms with Crippen molar-refractivity contribution in [2.45, 2.75) is 6.18 Å². The zero-order valence-corrected chi connectivity index (χ0v) is 8.51. The van der Waals surface area contributed by atoms with E-state index in [1.165, 1.54) is 11.3 Å². The second kappa shape index (κ2) is 3.71. The molecular formula is C8H5F3N4S. The van der Waals surface area contributed by atoms with Gasteiger partial charge in [0.2, 0.25) is 5.82 Å². The number of rotatable bonds is 1. The molecule has 84 valence electrons. The number of anilines is 1. The van der Waals surface area contributed by atoms with Gasteiger partial charge in [-0.05, 0) is 0 Å². The lowest BCUT2D eigenvalue weighted by molar-refractivity contribution is -0.144. The van der Waals surface area contributed by atoms with Crippen molar-refractivity contribution in [2.75, 3.05) is 5.73 Å². The van der Waals surface area contributed by atoms with E-state index < -0.39 is 12.0 Å². The van der Waals surface area contributed by atoms with Crippen LogP contribution >= 0.6 is 11.3 Å². The van der Waals surface area contributed by atoms with E-state index >= 15 is 0 Å². The molecule has 0 unspecified atom stereocenters. The summed E-state index contributed by atoms with van der Waals surface area (Å²) in [7, 11) is 0. The summed E-state index contributed by atoms with van der Waals surface area (Å²) in [4.78, 5) is 10.4. The molecule has 0 aliphatic heterocycles. The van der Waals surface area contributed by atoms with Gasteiger partial charge in [0.05, 0.1) is 0 Å².